The summed E-state index contributed by atoms with van der Waals surface area (Å²) in [5.74, 6) is 0.398. The summed E-state index contributed by atoms with van der Waals surface area (Å²) in [4.78, 5) is 25.7. The van der Waals surface area contributed by atoms with Gasteiger partial charge < -0.3 is 18.6 Å². The number of amides is 2. The minimum atomic E-state index is -0.524. The van der Waals surface area contributed by atoms with E-state index < -0.39 is 11.8 Å². The van der Waals surface area contributed by atoms with Gasteiger partial charge in [-0.15, -0.1) is 10.2 Å². The highest BCUT2D eigenvalue weighted by Gasteiger charge is 2.25. The van der Waals surface area contributed by atoms with Crippen LogP contribution < -0.4 is 14.2 Å². The molecule has 1 aliphatic rings. The molecular formula is C25H20Cl3N3O6. The largest absolute Gasteiger partial charge is 0.493 e. The zero-order valence-corrected chi connectivity index (χ0v) is 21.9. The maximum Gasteiger partial charge on any atom is 0.271 e. The van der Waals surface area contributed by atoms with Crippen molar-refractivity contribution in [3.05, 3.63) is 69.0 Å². The third-order valence-electron chi connectivity index (χ3n) is 5.21. The summed E-state index contributed by atoms with van der Waals surface area (Å²) in [6.07, 6.45) is 4.92. The van der Waals surface area contributed by atoms with Gasteiger partial charge in [-0.3, -0.25) is 14.5 Å². The van der Waals surface area contributed by atoms with E-state index in [1.165, 1.54) is 26.4 Å². The Bertz CT molecular complexity index is 1360. The van der Waals surface area contributed by atoms with Crippen molar-refractivity contribution in [2.24, 2.45) is 0 Å². The molecule has 2 heterocycles. The van der Waals surface area contributed by atoms with E-state index in [9.17, 15) is 9.59 Å². The van der Waals surface area contributed by atoms with Crippen LogP contribution in [0.1, 0.15) is 17.9 Å². The normalized spacial score (nSPS) is 13.6. The average molecular weight is 565 g/mol. The van der Waals surface area contributed by atoms with Gasteiger partial charge in [-0.25, -0.2) is 0 Å². The molecule has 0 saturated carbocycles. The molecule has 0 N–H and O–H groups in total. The van der Waals surface area contributed by atoms with Gasteiger partial charge in [0.2, 0.25) is 11.6 Å². The fourth-order valence-electron chi connectivity index (χ4n) is 3.48. The first-order chi connectivity index (χ1) is 17.8. The summed E-state index contributed by atoms with van der Waals surface area (Å²) >= 11 is 17.9. The Kier molecular flexibility index (Phi) is 8.38. The molecule has 4 rings (SSSR count). The lowest BCUT2D eigenvalue weighted by Crippen LogP contribution is -2.38. The van der Waals surface area contributed by atoms with Crippen molar-refractivity contribution in [2.45, 2.75) is 13.0 Å². The van der Waals surface area contributed by atoms with Crippen LogP contribution in [0, 0.1) is 0 Å². The van der Waals surface area contributed by atoms with E-state index in [-0.39, 0.29) is 30.0 Å². The van der Waals surface area contributed by atoms with E-state index in [4.69, 9.17) is 53.4 Å². The van der Waals surface area contributed by atoms with Crippen molar-refractivity contribution in [1.82, 2.24) is 15.1 Å². The van der Waals surface area contributed by atoms with Gasteiger partial charge >= 0.3 is 0 Å². The van der Waals surface area contributed by atoms with Crippen LogP contribution in [-0.4, -0.2) is 47.7 Å². The molecule has 0 radical (unpaired) electrons. The third kappa shape index (κ3) is 6.25. The van der Waals surface area contributed by atoms with E-state index in [0.717, 1.165) is 4.90 Å². The van der Waals surface area contributed by atoms with Gasteiger partial charge in [-0.1, -0.05) is 40.9 Å². The van der Waals surface area contributed by atoms with Crippen LogP contribution in [-0.2, 0) is 16.2 Å². The number of hydrogen-bond acceptors (Lipinski definition) is 8. The van der Waals surface area contributed by atoms with E-state index in [1.54, 1.807) is 36.4 Å². The molecule has 3 aromatic rings. The molecule has 1 aliphatic heterocycles. The molecule has 9 nitrogen and oxygen atoms in total. The SMILES string of the molecule is COc1cc(C=CC(=O)N2CCC=C(Cl)C2=O)cc(OC)c1OCc1nnc(-c2cc(Cl)cc(Cl)c2)o1. The maximum atomic E-state index is 12.5. The Balaban J connectivity index is 1.50. The van der Waals surface area contributed by atoms with Crippen molar-refractivity contribution in [3.63, 3.8) is 0 Å². The zero-order valence-electron chi connectivity index (χ0n) is 19.7. The number of carbonyl (C=O) groups is 2. The fourth-order valence-corrected chi connectivity index (χ4v) is 4.22. The standard InChI is InChI=1S/C25H20Cl3N3O6/c1-34-19-8-14(5-6-22(32)31-7-3-4-18(28)25(31)33)9-20(35-2)23(19)36-13-21-29-30-24(37-21)15-10-16(26)12-17(27)11-15/h4-6,8-12H,3,7,13H2,1-2H3. The van der Waals surface area contributed by atoms with Gasteiger partial charge in [0.15, 0.2) is 18.1 Å². The third-order valence-corrected chi connectivity index (χ3v) is 5.96. The van der Waals surface area contributed by atoms with E-state index in [1.807, 2.05) is 0 Å². The maximum absolute atomic E-state index is 12.5. The first-order valence-electron chi connectivity index (χ1n) is 10.9. The van der Waals surface area contributed by atoms with Crippen LogP contribution in [0.5, 0.6) is 17.2 Å². The highest BCUT2D eigenvalue weighted by atomic mass is 35.5. The summed E-state index contributed by atoms with van der Waals surface area (Å²) in [6.45, 7) is 0.187. The molecule has 0 fully saturated rings. The highest BCUT2D eigenvalue weighted by Crippen LogP contribution is 2.39. The van der Waals surface area contributed by atoms with Gasteiger partial charge in [0.05, 0.1) is 14.2 Å². The number of aromatic nitrogens is 2. The molecule has 2 aromatic carbocycles. The van der Waals surface area contributed by atoms with Crippen LogP contribution in [0.25, 0.3) is 17.5 Å². The Morgan fingerprint density at radius 3 is 2.38 bits per heavy atom. The molecule has 192 valence electrons. The first-order valence-corrected chi connectivity index (χ1v) is 12.0. The Morgan fingerprint density at radius 2 is 1.73 bits per heavy atom. The topological polar surface area (TPSA) is 104 Å². The van der Waals surface area contributed by atoms with Crippen LogP contribution >= 0.6 is 34.8 Å². The van der Waals surface area contributed by atoms with E-state index in [0.29, 0.717) is 44.8 Å². The number of ether oxygens (including phenoxy) is 3. The zero-order chi connectivity index (χ0) is 26.5. The van der Waals surface area contributed by atoms with Crippen LogP contribution in [0.4, 0.5) is 0 Å². The van der Waals surface area contributed by atoms with Gasteiger partial charge in [-0.2, -0.15) is 0 Å². The smallest absolute Gasteiger partial charge is 0.271 e. The molecule has 0 spiro atoms. The molecule has 0 bridgehead atoms. The second kappa shape index (κ2) is 11.7. The van der Waals surface area contributed by atoms with Crippen molar-refractivity contribution in [1.29, 1.82) is 0 Å². The molecular weight excluding hydrogens is 545 g/mol. The van der Waals surface area contributed by atoms with Crippen molar-refractivity contribution < 1.29 is 28.2 Å². The number of nitrogens with zero attached hydrogens (tertiary/aromatic N) is 3. The summed E-state index contributed by atoms with van der Waals surface area (Å²) in [5, 5.41) is 8.91. The van der Waals surface area contributed by atoms with Crippen molar-refractivity contribution in [3.8, 4) is 28.7 Å². The molecule has 0 unspecified atom stereocenters. The molecule has 0 atom stereocenters. The molecule has 1 aromatic heterocycles. The Hall–Kier alpha value is -3.53. The fraction of sp³-hybridized carbons (Fsp3) is 0.200. The second-order valence-corrected chi connectivity index (χ2v) is 8.95. The average Bonchev–Trinajstić information content (AvgIpc) is 3.36. The summed E-state index contributed by atoms with van der Waals surface area (Å²) in [5.41, 5.74) is 1.15. The number of carbonyl (C=O) groups excluding carboxylic acids is 2. The lowest BCUT2D eigenvalue weighted by atomic mass is 10.1. The highest BCUT2D eigenvalue weighted by molar-refractivity contribution is 6.43. The molecule has 2 amide bonds. The number of methoxy groups -OCH3 is 2. The Morgan fingerprint density at radius 1 is 1.05 bits per heavy atom. The van der Waals surface area contributed by atoms with Crippen molar-refractivity contribution in [2.75, 3.05) is 20.8 Å². The summed E-state index contributed by atoms with van der Waals surface area (Å²) < 4.78 is 22.5. The second-order valence-electron chi connectivity index (χ2n) is 7.67. The summed E-state index contributed by atoms with van der Waals surface area (Å²) in [7, 11) is 2.93. The molecule has 0 saturated heterocycles. The quantitative estimate of drug-likeness (QED) is 0.329. The molecule has 0 aliphatic carbocycles. The number of hydrogen-bond donors (Lipinski definition) is 0. The van der Waals surface area contributed by atoms with Gasteiger partial charge in [0, 0.05) is 28.2 Å². The lowest BCUT2D eigenvalue weighted by Gasteiger charge is -2.21. The monoisotopic (exact) mass is 563 g/mol. The number of rotatable bonds is 8. The lowest BCUT2D eigenvalue weighted by molar-refractivity contribution is -0.139. The van der Waals surface area contributed by atoms with E-state index >= 15 is 0 Å². The minimum absolute atomic E-state index is 0.0302. The number of benzene rings is 2. The van der Waals surface area contributed by atoms with Gasteiger partial charge in [0.1, 0.15) is 5.03 Å². The number of imide groups is 1. The van der Waals surface area contributed by atoms with Gasteiger partial charge in [0.25, 0.3) is 17.7 Å². The predicted molar refractivity (Wildman–Crippen MR) is 138 cm³/mol. The van der Waals surface area contributed by atoms with Crippen molar-refractivity contribution >= 4 is 52.7 Å². The van der Waals surface area contributed by atoms with E-state index in [2.05, 4.69) is 10.2 Å². The minimum Gasteiger partial charge on any atom is -0.493 e. The molecule has 37 heavy (non-hydrogen) atoms. The molecule has 12 heteroatoms. The van der Waals surface area contributed by atoms with Crippen LogP contribution in [0.3, 0.4) is 0 Å². The predicted octanol–water partition coefficient (Wildman–Crippen LogP) is 5.53. The van der Waals surface area contributed by atoms with Crippen LogP contribution in [0.15, 0.2) is 51.9 Å². The summed E-state index contributed by atoms with van der Waals surface area (Å²) in [6, 6.07) is 8.21. The van der Waals surface area contributed by atoms with Crippen LogP contribution in [0.2, 0.25) is 10.0 Å². The number of halogens is 3. The Labute approximate surface area is 227 Å². The van der Waals surface area contributed by atoms with Gasteiger partial charge in [-0.05, 0) is 48.4 Å². The first kappa shape index (κ1) is 26.5.